The zero-order valence-electron chi connectivity index (χ0n) is 10.6. The summed E-state index contributed by atoms with van der Waals surface area (Å²) in [7, 11) is 0. The van der Waals surface area contributed by atoms with Crippen molar-refractivity contribution in [1.29, 1.82) is 0 Å². The van der Waals surface area contributed by atoms with E-state index in [1.54, 1.807) is 18.2 Å². The van der Waals surface area contributed by atoms with Crippen molar-refractivity contribution in [3.05, 3.63) is 62.7 Å². The summed E-state index contributed by atoms with van der Waals surface area (Å²) in [6.07, 6.45) is 1.49. The zero-order valence-corrected chi connectivity index (χ0v) is 11.3. The third-order valence-electron chi connectivity index (χ3n) is 2.72. The molecular formula is C14H11ClN2O3. The lowest BCUT2D eigenvalue weighted by atomic mass is 10.2. The Labute approximate surface area is 120 Å². The summed E-state index contributed by atoms with van der Waals surface area (Å²) >= 11 is 5.89. The molecule has 6 heteroatoms. The molecule has 0 spiro atoms. The van der Waals surface area contributed by atoms with E-state index in [1.807, 2.05) is 13.0 Å². The number of hydrogen-bond donors (Lipinski definition) is 1. The van der Waals surface area contributed by atoms with E-state index in [-0.39, 0.29) is 11.4 Å². The summed E-state index contributed by atoms with van der Waals surface area (Å²) in [4.78, 5) is 14.3. The molecule has 0 aliphatic heterocycles. The molecule has 0 aromatic heterocycles. The van der Waals surface area contributed by atoms with Crippen LogP contribution in [0.3, 0.4) is 0 Å². The number of halogens is 1. The van der Waals surface area contributed by atoms with Crippen LogP contribution in [0.2, 0.25) is 5.02 Å². The van der Waals surface area contributed by atoms with E-state index in [1.165, 1.54) is 18.3 Å². The first-order valence-electron chi connectivity index (χ1n) is 5.75. The lowest BCUT2D eigenvalue weighted by Gasteiger charge is -2.01. The Morgan fingerprint density at radius 3 is 2.75 bits per heavy atom. The maximum absolute atomic E-state index is 10.7. The molecule has 0 saturated heterocycles. The molecule has 0 bridgehead atoms. The van der Waals surface area contributed by atoms with E-state index >= 15 is 0 Å². The molecule has 20 heavy (non-hydrogen) atoms. The summed E-state index contributed by atoms with van der Waals surface area (Å²) in [6, 6.07) is 9.40. The second kappa shape index (κ2) is 5.71. The Morgan fingerprint density at radius 1 is 1.30 bits per heavy atom. The van der Waals surface area contributed by atoms with Crippen molar-refractivity contribution in [3.8, 4) is 5.75 Å². The van der Waals surface area contributed by atoms with Crippen molar-refractivity contribution in [2.24, 2.45) is 4.99 Å². The molecular weight excluding hydrogens is 280 g/mol. The molecule has 102 valence electrons. The van der Waals surface area contributed by atoms with Gasteiger partial charge in [0, 0.05) is 17.3 Å². The van der Waals surface area contributed by atoms with Gasteiger partial charge in [0.2, 0.25) is 0 Å². The zero-order chi connectivity index (χ0) is 14.7. The number of nitrogens with zero attached hydrogens (tertiary/aromatic N) is 2. The van der Waals surface area contributed by atoms with Gasteiger partial charge < -0.3 is 5.11 Å². The molecule has 5 nitrogen and oxygen atoms in total. The number of rotatable bonds is 3. The van der Waals surface area contributed by atoms with Crippen LogP contribution in [0, 0.1) is 17.0 Å². The van der Waals surface area contributed by atoms with E-state index in [4.69, 9.17) is 11.6 Å². The third kappa shape index (κ3) is 3.13. The highest BCUT2D eigenvalue weighted by Crippen LogP contribution is 2.27. The second-order valence-electron chi connectivity index (χ2n) is 4.19. The second-order valence-corrected chi connectivity index (χ2v) is 4.63. The largest absolute Gasteiger partial charge is 0.502 e. The van der Waals surface area contributed by atoms with Crippen molar-refractivity contribution < 1.29 is 10.0 Å². The Morgan fingerprint density at radius 2 is 2.05 bits per heavy atom. The smallest absolute Gasteiger partial charge is 0.311 e. The van der Waals surface area contributed by atoms with Gasteiger partial charge in [0.1, 0.15) is 0 Å². The van der Waals surface area contributed by atoms with Gasteiger partial charge in [-0.1, -0.05) is 17.7 Å². The molecule has 0 heterocycles. The lowest BCUT2D eigenvalue weighted by molar-refractivity contribution is -0.385. The number of aliphatic imine (C=N–C) groups is 1. The summed E-state index contributed by atoms with van der Waals surface area (Å²) < 4.78 is 0. The third-order valence-corrected chi connectivity index (χ3v) is 2.96. The van der Waals surface area contributed by atoms with Crippen molar-refractivity contribution in [1.82, 2.24) is 0 Å². The Bertz CT molecular complexity index is 699. The van der Waals surface area contributed by atoms with Crippen LogP contribution in [0.15, 0.2) is 41.4 Å². The van der Waals surface area contributed by atoms with E-state index < -0.39 is 4.92 Å². The first-order chi connectivity index (χ1) is 9.47. The summed E-state index contributed by atoms with van der Waals surface area (Å²) in [5.74, 6) is -0.369. The molecule has 2 aromatic carbocycles. The normalized spacial score (nSPS) is 10.9. The molecule has 2 aromatic rings. The lowest BCUT2D eigenvalue weighted by Crippen LogP contribution is -1.90. The summed E-state index contributed by atoms with van der Waals surface area (Å²) in [5, 5.41) is 20.7. The van der Waals surface area contributed by atoms with Crippen molar-refractivity contribution in [3.63, 3.8) is 0 Å². The van der Waals surface area contributed by atoms with Crippen LogP contribution < -0.4 is 0 Å². The predicted octanol–water partition coefficient (Wildman–Crippen LogP) is 4.01. The van der Waals surface area contributed by atoms with Crippen LogP contribution in [0.5, 0.6) is 5.75 Å². The molecule has 0 aliphatic carbocycles. The van der Waals surface area contributed by atoms with E-state index in [9.17, 15) is 15.2 Å². The van der Waals surface area contributed by atoms with Gasteiger partial charge >= 0.3 is 5.69 Å². The SMILES string of the molecule is Cc1ccc(Cl)cc1N=Cc1ccc(O)c([N+](=O)[O-])c1. The first kappa shape index (κ1) is 14.0. The maximum atomic E-state index is 10.7. The minimum atomic E-state index is -0.642. The first-order valence-corrected chi connectivity index (χ1v) is 6.13. The van der Waals surface area contributed by atoms with Gasteiger partial charge in [-0.2, -0.15) is 0 Å². The van der Waals surface area contributed by atoms with Crippen LogP contribution in [0.25, 0.3) is 0 Å². The van der Waals surface area contributed by atoms with E-state index in [0.717, 1.165) is 5.56 Å². The Hall–Kier alpha value is -2.40. The molecule has 0 unspecified atom stereocenters. The summed E-state index contributed by atoms with van der Waals surface area (Å²) in [5.41, 5.74) is 1.80. The number of aromatic hydroxyl groups is 1. The van der Waals surface area contributed by atoms with Crippen molar-refractivity contribution in [2.45, 2.75) is 6.92 Å². The molecule has 0 saturated carbocycles. The van der Waals surface area contributed by atoms with Crippen LogP contribution in [0.4, 0.5) is 11.4 Å². The fraction of sp³-hybridized carbons (Fsp3) is 0.0714. The van der Waals surface area contributed by atoms with E-state index in [2.05, 4.69) is 4.99 Å². The fourth-order valence-corrected chi connectivity index (χ4v) is 1.80. The number of phenols is 1. The molecule has 1 N–H and O–H groups in total. The molecule has 0 fully saturated rings. The number of phenolic OH excluding ortho intramolecular Hbond substituents is 1. The number of nitro groups is 1. The van der Waals surface area contributed by atoms with Gasteiger partial charge in [-0.05, 0) is 42.3 Å². The average molecular weight is 291 g/mol. The number of hydrogen-bond acceptors (Lipinski definition) is 4. The summed E-state index contributed by atoms with van der Waals surface area (Å²) in [6.45, 7) is 1.89. The van der Waals surface area contributed by atoms with Crippen molar-refractivity contribution >= 4 is 29.2 Å². The van der Waals surface area contributed by atoms with Crippen LogP contribution in [-0.4, -0.2) is 16.2 Å². The number of nitro benzene ring substituents is 1. The minimum absolute atomic E-state index is 0.350. The topological polar surface area (TPSA) is 75.7 Å². The highest BCUT2D eigenvalue weighted by Gasteiger charge is 2.12. The predicted molar refractivity (Wildman–Crippen MR) is 78.2 cm³/mol. The minimum Gasteiger partial charge on any atom is -0.502 e. The van der Waals surface area contributed by atoms with E-state index in [0.29, 0.717) is 16.3 Å². The van der Waals surface area contributed by atoms with Crippen LogP contribution in [0.1, 0.15) is 11.1 Å². The van der Waals surface area contributed by atoms with Gasteiger partial charge in [-0.3, -0.25) is 15.1 Å². The quantitative estimate of drug-likeness (QED) is 0.527. The molecule has 0 amide bonds. The van der Waals surface area contributed by atoms with Gasteiger partial charge in [0.25, 0.3) is 0 Å². The number of benzene rings is 2. The van der Waals surface area contributed by atoms with Gasteiger partial charge in [0.15, 0.2) is 5.75 Å². The maximum Gasteiger partial charge on any atom is 0.311 e. The highest BCUT2D eigenvalue weighted by atomic mass is 35.5. The standard InChI is InChI=1S/C14H11ClN2O3/c1-9-2-4-11(15)7-12(9)16-8-10-3-5-14(18)13(6-10)17(19)20/h2-8,18H,1H3. The van der Waals surface area contributed by atoms with Gasteiger partial charge in [-0.25, -0.2) is 0 Å². The van der Waals surface area contributed by atoms with Gasteiger partial charge in [0.05, 0.1) is 10.6 Å². The Kier molecular flexibility index (Phi) is 4.00. The highest BCUT2D eigenvalue weighted by molar-refractivity contribution is 6.30. The molecule has 0 atom stereocenters. The van der Waals surface area contributed by atoms with Crippen LogP contribution in [-0.2, 0) is 0 Å². The average Bonchev–Trinajstić information content (AvgIpc) is 2.41. The molecule has 0 aliphatic rings. The molecule has 2 rings (SSSR count). The Balaban J connectivity index is 2.34. The number of aryl methyl sites for hydroxylation is 1. The van der Waals surface area contributed by atoms with Crippen LogP contribution >= 0.6 is 11.6 Å². The molecule has 0 radical (unpaired) electrons. The monoisotopic (exact) mass is 290 g/mol. The van der Waals surface area contributed by atoms with Gasteiger partial charge in [-0.15, -0.1) is 0 Å². The van der Waals surface area contributed by atoms with Crippen molar-refractivity contribution in [2.75, 3.05) is 0 Å². The fourth-order valence-electron chi connectivity index (χ4n) is 1.63.